The van der Waals surface area contributed by atoms with Gasteiger partial charge in [-0.25, -0.2) is 9.37 Å². The third kappa shape index (κ3) is 3.90. The Bertz CT molecular complexity index is 1230. The van der Waals surface area contributed by atoms with Crippen LogP contribution in [0.15, 0.2) is 60.2 Å². The van der Waals surface area contributed by atoms with E-state index in [1.165, 1.54) is 36.6 Å². The average molecular weight is 420 g/mol. The predicted octanol–water partition coefficient (Wildman–Crippen LogP) is 4.98. The van der Waals surface area contributed by atoms with Crippen LogP contribution in [0, 0.1) is 12.7 Å². The fourth-order valence-electron chi connectivity index (χ4n) is 3.03. The van der Waals surface area contributed by atoms with Crippen molar-refractivity contribution < 1.29 is 13.9 Å². The molecule has 3 heterocycles. The van der Waals surface area contributed by atoms with Crippen molar-refractivity contribution in [3.8, 4) is 28.4 Å². The molecule has 0 spiro atoms. The molecule has 0 bridgehead atoms. The highest BCUT2D eigenvalue weighted by atomic mass is 32.1. The van der Waals surface area contributed by atoms with Crippen LogP contribution >= 0.6 is 11.3 Å². The third-order valence-corrected chi connectivity index (χ3v) is 5.20. The summed E-state index contributed by atoms with van der Waals surface area (Å²) in [5.41, 5.74) is 3.45. The van der Waals surface area contributed by atoms with Gasteiger partial charge in [0.15, 0.2) is 5.13 Å². The maximum absolute atomic E-state index is 13.8. The summed E-state index contributed by atoms with van der Waals surface area (Å²) in [5.74, 6) is -0.424. The molecule has 0 aliphatic carbocycles. The SMILES string of the molecule is COc1ccc(F)cc1-c1ncccc1C(=O)Nc1nc(-c2ncccc2C)cs1. The van der Waals surface area contributed by atoms with Crippen molar-refractivity contribution in [1.29, 1.82) is 0 Å². The van der Waals surface area contributed by atoms with Crippen LogP contribution in [0.1, 0.15) is 15.9 Å². The van der Waals surface area contributed by atoms with Gasteiger partial charge in [-0.2, -0.15) is 0 Å². The first kappa shape index (κ1) is 19.7. The molecule has 150 valence electrons. The number of thiazole rings is 1. The van der Waals surface area contributed by atoms with Crippen LogP contribution in [0.3, 0.4) is 0 Å². The lowest BCUT2D eigenvalue weighted by Gasteiger charge is -2.11. The van der Waals surface area contributed by atoms with E-state index >= 15 is 0 Å². The van der Waals surface area contributed by atoms with Crippen molar-refractivity contribution in [3.05, 3.63) is 77.2 Å². The van der Waals surface area contributed by atoms with E-state index in [1.807, 2.05) is 24.4 Å². The van der Waals surface area contributed by atoms with E-state index in [2.05, 4.69) is 20.3 Å². The standard InChI is InChI=1S/C22H17FN4O2S/c1-13-5-3-9-24-19(13)17-12-30-22(26-17)27-21(28)15-6-4-10-25-20(15)16-11-14(23)7-8-18(16)29-2/h3-12H,1-2H3,(H,26,27,28). The van der Waals surface area contributed by atoms with Gasteiger partial charge in [0, 0.05) is 23.3 Å². The van der Waals surface area contributed by atoms with Crippen LogP contribution in [0.25, 0.3) is 22.6 Å². The number of nitrogens with one attached hydrogen (secondary N) is 1. The molecule has 0 unspecified atom stereocenters. The molecule has 8 heteroatoms. The van der Waals surface area contributed by atoms with Gasteiger partial charge in [0.1, 0.15) is 17.3 Å². The maximum atomic E-state index is 13.8. The molecule has 0 saturated carbocycles. The van der Waals surface area contributed by atoms with Crippen LogP contribution < -0.4 is 10.1 Å². The van der Waals surface area contributed by atoms with Gasteiger partial charge in [0.25, 0.3) is 5.91 Å². The molecule has 1 amide bonds. The van der Waals surface area contributed by atoms with E-state index in [4.69, 9.17) is 4.74 Å². The van der Waals surface area contributed by atoms with Gasteiger partial charge >= 0.3 is 0 Å². The van der Waals surface area contributed by atoms with Gasteiger partial charge in [-0.3, -0.25) is 20.1 Å². The summed E-state index contributed by atoms with van der Waals surface area (Å²) in [4.78, 5) is 26.1. The summed E-state index contributed by atoms with van der Waals surface area (Å²) >= 11 is 1.30. The number of halogens is 1. The molecule has 30 heavy (non-hydrogen) atoms. The Labute approximate surface area is 176 Å². The Kier molecular flexibility index (Phi) is 5.49. The fraction of sp³-hybridized carbons (Fsp3) is 0.0909. The second-order valence-electron chi connectivity index (χ2n) is 6.41. The van der Waals surface area contributed by atoms with Gasteiger partial charge in [-0.15, -0.1) is 11.3 Å². The van der Waals surface area contributed by atoms with E-state index in [-0.39, 0.29) is 5.56 Å². The molecule has 6 nitrogen and oxygen atoms in total. The molecule has 4 rings (SSSR count). The topological polar surface area (TPSA) is 77.0 Å². The highest BCUT2D eigenvalue weighted by Crippen LogP contribution is 2.32. The summed E-state index contributed by atoms with van der Waals surface area (Å²) in [7, 11) is 1.48. The zero-order chi connectivity index (χ0) is 21.1. The Morgan fingerprint density at radius 3 is 2.63 bits per heavy atom. The van der Waals surface area contributed by atoms with Crippen molar-refractivity contribution in [3.63, 3.8) is 0 Å². The Balaban J connectivity index is 1.65. The van der Waals surface area contributed by atoms with Gasteiger partial charge in [0.05, 0.1) is 24.1 Å². The highest BCUT2D eigenvalue weighted by Gasteiger charge is 2.19. The minimum atomic E-state index is -0.446. The number of aromatic nitrogens is 3. The number of methoxy groups -OCH3 is 1. The van der Waals surface area contributed by atoms with Crippen molar-refractivity contribution in [2.75, 3.05) is 12.4 Å². The first-order valence-electron chi connectivity index (χ1n) is 9.04. The second kappa shape index (κ2) is 8.38. The number of pyridine rings is 2. The molecular formula is C22H17FN4O2S. The molecule has 0 aliphatic rings. The zero-order valence-electron chi connectivity index (χ0n) is 16.2. The van der Waals surface area contributed by atoms with E-state index in [9.17, 15) is 9.18 Å². The summed E-state index contributed by atoms with van der Waals surface area (Å²) in [6, 6.07) is 11.2. The average Bonchev–Trinajstić information content (AvgIpc) is 3.22. The number of rotatable bonds is 5. The molecular weight excluding hydrogens is 403 g/mol. The minimum Gasteiger partial charge on any atom is -0.496 e. The molecule has 1 aromatic carbocycles. The molecule has 0 atom stereocenters. The minimum absolute atomic E-state index is 0.284. The first-order valence-corrected chi connectivity index (χ1v) is 9.92. The zero-order valence-corrected chi connectivity index (χ0v) is 17.0. The summed E-state index contributed by atoms with van der Waals surface area (Å²) in [6.45, 7) is 1.95. The van der Waals surface area contributed by atoms with Crippen LogP contribution in [0.4, 0.5) is 9.52 Å². The Morgan fingerprint density at radius 1 is 1.10 bits per heavy atom. The summed E-state index contributed by atoms with van der Waals surface area (Å²) in [5, 5.41) is 5.07. The normalized spacial score (nSPS) is 10.6. The molecule has 1 N–H and O–H groups in total. The first-order chi connectivity index (χ1) is 14.6. The smallest absolute Gasteiger partial charge is 0.259 e. The van der Waals surface area contributed by atoms with Crippen molar-refractivity contribution in [1.82, 2.24) is 15.0 Å². The van der Waals surface area contributed by atoms with Crippen LogP contribution in [-0.4, -0.2) is 28.0 Å². The molecule has 3 aromatic heterocycles. The Morgan fingerprint density at radius 2 is 1.87 bits per heavy atom. The highest BCUT2D eigenvalue weighted by molar-refractivity contribution is 7.14. The van der Waals surface area contributed by atoms with Gasteiger partial charge in [-0.05, 0) is 48.9 Å². The van der Waals surface area contributed by atoms with Gasteiger partial charge in [0.2, 0.25) is 0 Å². The second-order valence-corrected chi connectivity index (χ2v) is 7.26. The molecule has 0 radical (unpaired) electrons. The van der Waals surface area contributed by atoms with Crippen molar-refractivity contribution >= 4 is 22.4 Å². The summed E-state index contributed by atoms with van der Waals surface area (Å²) < 4.78 is 19.2. The van der Waals surface area contributed by atoms with Crippen LogP contribution in [-0.2, 0) is 0 Å². The number of aryl methyl sites for hydroxylation is 1. The van der Waals surface area contributed by atoms with Crippen LogP contribution in [0.2, 0.25) is 0 Å². The fourth-order valence-corrected chi connectivity index (χ4v) is 3.72. The van der Waals surface area contributed by atoms with Gasteiger partial charge < -0.3 is 4.74 Å². The number of carbonyl (C=O) groups excluding carboxylic acids is 1. The number of benzene rings is 1. The number of hydrogen-bond donors (Lipinski definition) is 1. The van der Waals surface area contributed by atoms with Crippen molar-refractivity contribution in [2.45, 2.75) is 6.92 Å². The van der Waals surface area contributed by atoms with Gasteiger partial charge in [-0.1, -0.05) is 6.07 Å². The van der Waals surface area contributed by atoms with Crippen LogP contribution in [0.5, 0.6) is 5.75 Å². The lowest BCUT2D eigenvalue weighted by molar-refractivity contribution is 0.102. The number of anilines is 1. The lowest BCUT2D eigenvalue weighted by Crippen LogP contribution is -2.14. The monoisotopic (exact) mass is 420 g/mol. The maximum Gasteiger partial charge on any atom is 0.259 e. The Hall–Kier alpha value is -3.65. The molecule has 0 fully saturated rings. The number of ether oxygens (including phenoxy) is 1. The number of amides is 1. The van der Waals surface area contributed by atoms with E-state index in [0.29, 0.717) is 27.8 Å². The molecule has 0 saturated heterocycles. The predicted molar refractivity (Wildman–Crippen MR) is 114 cm³/mol. The molecule has 0 aliphatic heterocycles. The largest absolute Gasteiger partial charge is 0.496 e. The number of carbonyl (C=O) groups is 1. The summed E-state index contributed by atoms with van der Waals surface area (Å²) in [6.07, 6.45) is 3.25. The van der Waals surface area contributed by atoms with E-state index < -0.39 is 11.7 Å². The third-order valence-electron chi connectivity index (χ3n) is 4.45. The van der Waals surface area contributed by atoms with E-state index in [1.54, 1.807) is 24.5 Å². The molecule has 4 aromatic rings. The lowest BCUT2D eigenvalue weighted by atomic mass is 10.0. The quantitative estimate of drug-likeness (QED) is 0.493. The number of nitrogens with zero attached hydrogens (tertiary/aromatic N) is 3. The number of hydrogen-bond acceptors (Lipinski definition) is 6. The van der Waals surface area contributed by atoms with Crippen molar-refractivity contribution in [2.24, 2.45) is 0 Å². The van der Waals surface area contributed by atoms with E-state index in [0.717, 1.165) is 11.3 Å².